The molecular formula is C20H23F3N2O2S. The number of hydrogen-bond donors (Lipinski definition) is 1. The molecule has 0 radical (unpaired) electrons. The van der Waals surface area contributed by atoms with Gasteiger partial charge in [-0.1, -0.05) is 31.2 Å². The summed E-state index contributed by atoms with van der Waals surface area (Å²) in [5.41, 5.74) is -0.495. The van der Waals surface area contributed by atoms with Gasteiger partial charge in [0.2, 0.25) is 11.8 Å². The number of alkyl halides is 3. The fraction of sp³-hybridized carbons (Fsp3) is 0.500. The molecule has 28 heavy (non-hydrogen) atoms. The Kier molecular flexibility index (Phi) is 6.07. The van der Waals surface area contributed by atoms with E-state index in [0.717, 1.165) is 25.3 Å². The first-order chi connectivity index (χ1) is 13.2. The Morgan fingerprint density at radius 3 is 2.71 bits per heavy atom. The summed E-state index contributed by atoms with van der Waals surface area (Å²) < 4.78 is 39.2. The third kappa shape index (κ3) is 4.37. The standard InChI is InChI=1S/C20H23F3N2O2S/c1-2-17(26)25-9-10-28-16(12-25)18(27)24-13-19(7-4-8-19)14-5-3-6-15(11-14)20(21,22)23/h2-3,5-6,11,16H,1,4,7-10,12-13H2,(H,24,27). The Hall–Kier alpha value is -1.96. The SMILES string of the molecule is C=CC(=O)N1CCSC(C(=O)NCC2(c3cccc(C(F)(F)F)c3)CCC2)C1. The van der Waals surface area contributed by atoms with Gasteiger partial charge in [0, 0.05) is 30.8 Å². The van der Waals surface area contributed by atoms with Gasteiger partial charge in [0.05, 0.1) is 5.56 Å². The highest BCUT2D eigenvalue weighted by molar-refractivity contribution is 8.00. The molecule has 8 heteroatoms. The first-order valence-electron chi connectivity index (χ1n) is 9.24. The third-order valence-electron chi connectivity index (χ3n) is 5.56. The first-order valence-corrected chi connectivity index (χ1v) is 10.3. The summed E-state index contributed by atoms with van der Waals surface area (Å²) in [6.45, 7) is 4.67. The summed E-state index contributed by atoms with van der Waals surface area (Å²) in [6, 6.07) is 5.40. The zero-order chi connectivity index (χ0) is 20.4. The number of halogens is 3. The van der Waals surface area contributed by atoms with E-state index in [1.807, 2.05) is 0 Å². The van der Waals surface area contributed by atoms with Crippen molar-refractivity contribution < 1.29 is 22.8 Å². The average Bonchev–Trinajstić information content (AvgIpc) is 2.66. The van der Waals surface area contributed by atoms with E-state index in [1.54, 1.807) is 11.0 Å². The Bertz CT molecular complexity index is 762. The molecule has 1 aromatic rings. The maximum absolute atomic E-state index is 13.1. The predicted molar refractivity (Wildman–Crippen MR) is 103 cm³/mol. The van der Waals surface area contributed by atoms with Crippen LogP contribution in [0.5, 0.6) is 0 Å². The van der Waals surface area contributed by atoms with E-state index < -0.39 is 17.2 Å². The third-order valence-corrected chi connectivity index (χ3v) is 6.74. The first kappa shape index (κ1) is 20.8. The fourth-order valence-corrected chi connectivity index (χ4v) is 4.83. The highest BCUT2D eigenvalue weighted by Gasteiger charge is 2.41. The molecular weight excluding hydrogens is 389 g/mol. The van der Waals surface area contributed by atoms with Crippen molar-refractivity contribution in [3.05, 3.63) is 48.0 Å². The number of amides is 2. The lowest BCUT2D eigenvalue weighted by Gasteiger charge is -2.43. The van der Waals surface area contributed by atoms with E-state index in [2.05, 4.69) is 11.9 Å². The Morgan fingerprint density at radius 2 is 2.11 bits per heavy atom. The van der Waals surface area contributed by atoms with Crippen LogP contribution in [0.2, 0.25) is 0 Å². The van der Waals surface area contributed by atoms with Gasteiger partial charge < -0.3 is 10.2 Å². The maximum atomic E-state index is 13.1. The highest BCUT2D eigenvalue weighted by Crippen LogP contribution is 2.44. The quantitative estimate of drug-likeness (QED) is 0.755. The topological polar surface area (TPSA) is 49.4 Å². The van der Waals surface area contributed by atoms with Crippen molar-refractivity contribution in [2.24, 2.45) is 0 Å². The fourth-order valence-electron chi connectivity index (χ4n) is 3.70. The van der Waals surface area contributed by atoms with Crippen molar-refractivity contribution in [2.75, 3.05) is 25.4 Å². The molecule has 1 aliphatic heterocycles. The second kappa shape index (κ2) is 8.19. The van der Waals surface area contributed by atoms with E-state index in [-0.39, 0.29) is 17.1 Å². The number of hydrogen-bond acceptors (Lipinski definition) is 3. The summed E-state index contributed by atoms with van der Waals surface area (Å²) in [7, 11) is 0. The summed E-state index contributed by atoms with van der Waals surface area (Å²) in [6.07, 6.45) is -0.737. The zero-order valence-electron chi connectivity index (χ0n) is 15.4. The van der Waals surface area contributed by atoms with Crippen LogP contribution in [0.4, 0.5) is 13.2 Å². The van der Waals surface area contributed by atoms with E-state index in [9.17, 15) is 22.8 Å². The zero-order valence-corrected chi connectivity index (χ0v) is 16.2. The van der Waals surface area contributed by atoms with Crippen molar-refractivity contribution >= 4 is 23.6 Å². The number of benzene rings is 1. The molecule has 1 atom stereocenters. The number of nitrogens with one attached hydrogen (secondary N) is 1. The van der Waals surface area contributed by atoms with Crippen LogP contribution in [0.3, 0.4) is 0 Å². The number of rotatable bonds is 5. The molecule has 1 saturated heterocycles. The van der Waals surface area contributed by atoms with Crippen LogP contribution in [0.15, 0.2) is 36.9 Å². The van der Waals surface area contributed by atoms with Gasteiger partial charge in [-0.25, -0.2) is 0 Å². The van der Waals surface area contributed by atoms with Crippen LogP contribution in [0.1, 0.15) is 30.4 Å². The van der Waals surface area contributed by atoms with Crippen LogP contribution in [-0.4, -0.2) is 47.4 Å². The molecule has 1 unspecified atom stereocenters. The molecule has 0 bridgehead atoms. The summed E-state index contributed by atoms with van der Waals surface area (Å²) in [4.78, 5) is 26.0. The van der Waals surface area contributed by atoms with Crippen molar-refractivity contribution in [1.29, 1.82) is 0 Å². The molecule has 4 nitrogen and oxygen atoms in total. The van der Waals surface area contributed by atoms with Crippen LogP contribution in [0.25, 0.3) is 0 Å². The minimum Gasteiger partial charge on any atom is -0.354 e. The van der Waals surface area contributed by atoms with Gasteiger partial charge in [-0.3, -0.25) is 9.59 Å². The molecule has 1 heterocycles. The lowest BCUT2D eigenvalue weighted by molar-refractivity contribution is -0.137. The normalized spacial score (nSPS) is 21.5. The van der Waals surface area contributed by atoms with Gasteiger partial charge >= 0.3 is 6.18 Å². The monoisotopic (exact) mass is 412 g/mol. The second-order valence-electron chi connectivity index (χ2n) is 7.28. The van der Waals surface area contributed by atoms with Crippen LogP contribution >= 0.6 is 11.8 Å². The van der Waals surface area contributed by atoms with Crippen molar-refractivity contribution in [2.45, 2.75) is 36.1 Å². The summed E-state index contributed by atoms with van der Waals surface area (Å²) >= 11 is 1.49. The smallest absolute Gasteiger partial charge is 0.354 e. The molecule has 2 aliphatic rings. The van der Waals surface area contributed by atoms with Crippen LogP contribution < -0.4 is 5.32 Å². The van der Waals surface area contributed by atoms with E-state index >= 15 is 0 Å². The molecule has 2 amide bonds. The summed E-state index contributed by atoms with van der Waals surface area (Å²) in [5, 5.41) is 2.55. The average molecular weight is 412 g/mol. The molecule has 1 aromatic carbocycles. The van der Waals surface area contributed by atoms with Gasteiger partial charge in [-0.05, 0) is 30.5 Å². The Morgan fingerprint density at radius 1 is 1.36 bits per heavy atom. The van der Waals surface area contributed by atoms with Gasteiger partial charge in [0.15, 0.2) is 0 Å². The Balaban J connectivity index is 1.66. The van der Waals surface area contributed by atoms with Crippen molar-refractivity contribution in [3.8, 4) is 0 Å². The van der Waals surface area contributed by atoms with Crippen molar-refractivity contribution in [1.82, 2.24) is 10.2 Å². The van der Waals surface area contributed by atoms with Crippen LogP contribution in [0, 0.1) is 0 Å². The minimum atomic E-state index is -4.38. The van der Waals surface area contributed by atoms with Gasteiger partial charge in [0.25, 0.3) is 0 Å². The highest BCUT2D eigenvalue weighted by atomic mass is 32.2. The molecule has 1 aliphatic carbocycles. The lowest BCUT2D eigenvalue weighted by atomic mass is 9.64. The Labute approximate surface area is 166 Å². The second-order valence-corrected chi connectivity index (χ2v) is 8.59. The number of thioether (sulfide) groups is 1. The van der Waals surface area contributed by atoms with Gasteiger partial charge in [-0.15, -0.1) is 11.8 Å². The van der Waals surface area contributed by atoms with E-state index in [4.69, 9.17) is 0 Å². The lowest BCUT2D eigenvalue weighted by Crippen LogP contribution is -2.51. The van der Waals surface area contributed by atoms with E-state index in [0.29, 0.717) is 31.0 Å². The molecule has 1 saturated carbocycles. The van der Waals surface area contributed by atoms with Gasteiger partial charge in [0.1, 0.15) is 5.25 Å². The summed E-state index contributed by atoms with van der Waals surface area (Å²) in [5.74, 6) is 0.290. The van der Waals surface area contributed by atoms with Crippen molar-refractivity contribution in [3.63, 3.8) is 0 Å². The molecule has 3 rings (SSSR count). The number of carbonyl (C=O) groups excluding carboxylic acids is 2. The minimum absolute atomic E-state index is 0.176. The maximum Gasteiger partial charge on any atom is 0.416 e. The largest absolute Gasteiger partial charge is 0.416 e. The van der Waals surface area contributed by atoms with Gasteiger partial charge in [-0.2, -0.15) is 13.2 Å². The number of nitrogens with zero attached hydrogens (tertiary/aromatic N) is 1. The molecule has 0 spiro atoms. The van der Waals surface area contributed by atoms with E-state index in [1.165, 1.54) is 30.0 Å². The molecule has 152 valence electrons. The molecule has 2 fully saturated rings. The molecule has 1 N–H and O–H groups in total. The van der Waals surface area contributed by atoms with Crippen LogP contribution in [-0.2, 0) is 21.2 Å². The molecule has 0 aromatic heterocycles. The predicted octanol–water partition coefficient (Wildman–Crippen LogP) is 3.37. The number of carbonyl (C=O) groups is 2.